The van der Waals surface area contributed by atoms with E-state index in [0.717, 1.165) is 25.9 Å². The van der Waals surface area contributed by atoms with Crippen molar-refractivity contribution in [2.24, 2.45) is 0 Å². The molecule has 0 aliphatic carbocycles. The van der Waals surface area contributed by atoms with E-state index >= 15 is 0 Å². The number of amides is 1. The zero-order valence-electron chi connectivity index (χ0n) is 16.2. The molecule has 1 saturated heterocycles. The number of sulfonamides is 1. The summed E-state index contributed by atoms with van der Waals surface area (Å²) in [6.07, 6.45) is 5.09. The lowest BCUT2D eigenvalue weighted by molar-refractivity contribution is 0.102. The molecular weight excluding hydrogens is 376 g/mol. The van der Waals surface area contributed by atoms with Gasteiger partial charge >= 0.3 is 0 Å². The van der Waals surface area contributed by atoms with Crippen LogP contribution in [-0.4, -0.2) is 38.4 Å². The molecule has 7 nitrogen and oxygen atoms in total. The Labute approximate surface area is 166 Å². The Balaban J connectivity index is 1.75. The molecule has 0 unspecified atom stereocenters. The number of pyridine rings is 1. The molecule has 2 aromatic rings. The van der Waals surface area contributed by atoms with E-state index in [1.54, 1.807) is 44.3 Å². The molecule has 2 N–H and O–H groups in total. The van der Waals surface area contributed by atoms with Crippen molar-refractivity contribution in [1.82, 2.24) is 9.71 Å². The first-order chi connectivity index (χ1) is 13.4. The fraction of sp³-hybridized carbons (Fsp3) is 0.400. The third-order valence-corrected chi connectivity index (χ3v) is 6.17. The van der Waals surface area contributed by atoms with Crippen molar-refractivity contribution < 1.29 is 13.2 Å². The molecular formula is C20H26N4O3S. The summed E-state index contributed by atoms with van der Waals surface area (Å²) in [6.45, 7) is 5.32. The van der Waals surface area contributed by atoms with E-state index in [1.807, 2.05) is 0 Å². The molecule has 28 heavy (non-hydrogen) atoms. The van der Waals surface area contributed by atoms with Gasteiger partial charge in [-0.2, -0.15) is 0 Å². The van der Waals surface area contributed by atoms with Gasteiger partial charge in [0.2, 0.25) is 10.0 Å². The van der Waals surface area contributed by atoms with Gasteiger partial charge in [0, 0.05) is 31.0 Å². The molecule has 0 saturated carbocycles. The molecule has 1 amide bonds. The molecule has 0 bridgehead atoms. The molecule has 1 aliphatic heterocycles. The van der Waals surface area contributed by atoms with Crippen molar-refractivity contribution in [3.05, 3.63) is 48.2 Å². The van der Waals surface area contributed by atoms with Crippen molar-refractivity contribution in [2.75, 3.05) is 23.3 Å². The number of anilines is 2. The van der Waals surface area contributed by atoms with Gasteiger partial charge in [0.05, 0.1) is 10.5 Å². The second kappa shape index (κ2) is 8.70. The van der Waals surface area contributed by atoms with E-state index in [4.69, 9.17) is 0 Å². The van der Waals surface area contributed by atoms with Crippen LogP contribution < -0.4 is 14.9 Å². The maximum absolute atomic E-state index is 12.8. The lowest BCUT2D eigenvalue weighted by Gasteiger charge is -2.29. The number of nitrogens with zero attached hydrogens (tertiary/aromatic N) is 2. The minimum atomic E-state index is -3.56. The Bertz CT molecular complexity index is 921. The first kappa shape index (κ1) is 20.3. The van der Waals surface area contributed by atoms with E-state index in [0.29, 0.717) is 17.1 Å². The van der Waals surface area contributed by atoms with Gasteiger partial charge in [0.25, 0.3) is 5.91 Å². The average Bonchev–Trinajstić information content (AvgIpc) is 2.68. The summed E-state index contributed by atoms with van der Waals surface area (Å²) in [6, 6.07) is 9.45. The van der Waals surface area contributed by atoms with Gasteiger partial charge in [-0.25, -0.2) is 18.1 Å². The SMILES string of the molecule is CC(C)NS(=O)(=O)c1ccc(NC(=O)c2cccnc2N2CCCCC2)cc1. The van der Waals surface area contributed by atoms with E-state index < -0.39 is 10.0 Å². The number of benzene rings is 1. The Hall–Kier alpha value is -2.45. The number of carbonyl (C=O) groups is 1. The van der Waals surface area contributed by atoms with Crippen LogP contribution >= 0.6 is 0 Å². The lowest BCUT2D eigenvalue weighted by atomic mass is 10.1. The van der Waals surface area contributed by atoms with Crippen LogP contribution in [0.5, 0.6) is 0 Å². The fourth-order valence-electron chi connectivity index (χ4n) is 3.23. The first-order valence-corrected chi connectivity index (χ1v) is 11.0. The molecule has 2 heterocycles. The second-order valence-electron chi connectivity index (χ2n) is 7.18. The first-order valence-electron chi connectivity index (χ1n) is 9.50. The summed E-state index contributed by atoms with van der Waals surface area (Å²) in [7, 11) is -3.56. The minimum Gasteiger partial charge on any atom is -0.356 e. The topological polar surface area (TPSA) is 91.4 Å². The Morgan fingerprint density at radius 1 is 1.07 bits per heavy atom. The number of hydrogen-bond acceptors (Lipinski definition) is 5. The monoisotopic (exact) mass is 402 g/mol. The van der Waals surface area contributed by atoms with Gasteiger partial charge < -0.3 is 10.2 Å². The minimum absolute atomic E-state index is 0.162. The normalized spacial score (nSPS) is 14.9. The Morgan fingerprint density at radius 2 is 1.75 bits per heavy atom. The predicted molar refractivity (Wildman–Crippen MR) is 110 cm³/mol. The number of carbonyl (C=O) groups excluding carboxylic acids is 1. The Morgan fingerprint density at radius 3 is 2.39 bits per heavy atom. The van der Waals surface area contributed by atoms with Crippen LogP contribution in [-0.2, 0) is 10.0 Å². The highest BCUT2D eigenvalue weighted by Gasteiger charge is 2.20. The number of rotatable bonds is 6. The maximum Gasteiger partial charge on any atom is 0.259 e. The van der Waals surface area contributed by atoms with Crippen molar-refractivity contribution in [3.8, 4) is 0 Å². The van der Waals surface area contributed by atoms with Crippen LogP contribution in [0.25, 0.3) is 0 Å². The molecule has 0 atom stereocenters. The summed E-state index contributed by atoms with van der Waals surface area (Å²) in [5.74, 6) is 0.435. The summed E-state index contributed by atoms with van der Waals surface area (Å²) in [4.78, 5) is 19.5. The highest BCUT2D eigenvalue weighted by molar-refractivity contribution is 7.89. The van der Waals surface area contributed by atoms with Gasteiger partial charge in [0.15, 0.2) is 0 Å². The quantitative estimate of drug-likeness (QED) is 0.775. The smallest absolute Gasteiger partial charge is 0.259 e. The van der Waals surface area contributed by atoms with Crippen LogP contribution in [0.2, 0.25) is 0 Å². The molecule has 0 spiro atoms. The molecule has 150 valence electrons. The number of hydrogen-bond donors (Lipinski definition) is 2. The summed E-state index contributed by atoms with van der Waals surface area (Å²) >= 11 is 0. The van der Waals surface area contributed by atoms with Gasteiger partial charge in [-0.15, -0.1) is 0 Å². The maximum atomic E-state index is 12.8. The van der Waals surface area contributed by atoms with Crippen molar-refractivity contribution >= 4 is 27.4 Å². The zero-order valence-corrected chi connectivity index (χ0v) is 17.0. The molecule has 1 aliphatic rings. The van der Waals surface area contributed by atoms with E-state index in [9.17, 15) is 13.2 Å². The van der Waals surface area contributed by atoms with Crippen molar-refractivity contribution in [2.45, 2.75) is 44.0 Å². The third-order valence-electron chi connectivity index (χ3n) is 4.50. The van der Waals surface area contributed by atoms with Crippen molar-refractivity contribution in [1.29, 1.82) is 0 Å². The highest BCUT2D eigenvalue weighted by Crippen LogP contribution is 2.23. The molecule has 1 aromatic heterocycles. The standard InChI is InChI=1S/C20H26N4O3S/c1-15(2)23-28(26,27)17-10-8-16(9-11-17)22-20(25)18-7-6-12-21-19(18)24-13-4-3-5-14-24/h6-12,15,23H,3-5,13-14H2,1-2H3,(H,22,25). The lowest BCUT2D eigenvalue weighted by Crippen LogP contribution is -2.32. The number of piperidine rings is 1. The van der Waals surface area contributed by atoms with Crippen molar-refractivity contribution in [3.63, 3.8) is 0 Å². The fourth-order valence-corrected chi connectivity index (χ4v) is 4.48. The van der Waals surface area contributed by atoms with Gasteiger partial charge in [-0.1, -0.05) is 0 Å². The molecule has 3 rings (SSSR count). The van der Waals surface area contributed by atoms with Gasteiger partial charge in [-0.3, -0.25) is 4.79 Å². The number of nitrogens with one attached hydrogen (secondary N) is 2. The molecule has 0 radical (unpaired) electrons. The van der Waals surface area contributed by atoms with Crippen LogP contribution in [0.15, 0.2) is 47.5 Å². The molecule has 1 fully saturated rings. The van der Waals surface area contributed by atoms with Crippen LogP contribution in [0, 0.1) is 0 Å². The summed E-state index contributed by atoms with van der Waals surface area (Å²) in [5.41, 5.74) is 1.05. The van der Waals surface area contributed by atoms with E-state index in [1.165, 1.54) is 18.6 Å². The Kier molecular flexibility index (Phi) is 6.31. The molecule has 1 aromatic carbocycles. The summed E-state index contributed by atoms with van der Waals surface area (Å²) < 4.78 is 26.9. The summed E-state index contributed by atoms with van der Waals surface area (Å²) in [5, 5.41) is 2.84. The van der Waals surface area contributed by atoms with E-state index in [-0.39, 0.29) is 16.8 Å². The second-order valence-corrected chi connectivity index (χ2v) is 8.89. The third kappa shape index (κ3) is 4.88. The van der Waals surface area contributed by atoms with Crippen LogP contribution in [0.1, 0.15) is 43.5 Å². The van der Waals surface area contributed by atoms with Crippen LogP contribution in [0.3, 0.4) is 0 Å². The largest absolute Gasteiger partial charge is 0.356 e. The van der Waals surface area contributed by atoms with Gasteiger partial charge in [0.1, 0.15) is 5.82 Å². The average molecular weight is 403 g/mol. The highest BCUT2D eigenvalue weighted by atomic mass is 32.2. The van der Waals surface area contributed by atoms with E-state index in [2.05, 4.69) is 19.9 Å². The zero-order chi connectivity index (χ0) is 20.1. The number of aromatic nitrogens is 1. The predicted octanol–water partition coefficient (Wildman–Crippen LogP) is 3.01. The molecule has 8 heteroatoms. The van der Waals surface area contributed by atoms with Gasteiger partial charge in [-0.05, 0) is 69.5 Å². The van der Waals surface area contributed by atoms with Crippen LogP contribution in [0.4, 0.5) is 11.5 Å².